The molecule has 0 radical (unpaired) electrons. The summed E-state index contributed by atoms with van der Waals surface area (Å²) in [4.78, 5) is 17.3. The molecule has 1 heterocycles. The minimum absolute atomic E-state index is 0.110. The summed E-state index contributed by atoms with van der Waals surface area (Å²) in [6, 6.07) is -0.110. The maximum absolute atomic E-state index is 11.6. The summed E-state index contributed by atoms with van der Waals surface area (Å²) in [5.41, 5.74) is 2.79. The number of urea groups is 1. The molecule has 0 saturated carbocycles. The number of hydrogen-bond acceptors (Lipinski definition) is 4. The highest BCUT2D eigenvalue weighted by molar-refractivity contribution is 7.07. The molecule has 1 aromatic rings. The van der Waals surface area contributed by atoms with E-state index in [9.17, 15) is 4.79 Å². The highest BCUT2D eigenvalue weighted by atomic mass is 32.1. The van der Waals surface area contributed by atoms with E-state index in [0.717, 1.165) is 12.1 Å². The molecule has 0 fully saturated rings. The van der Waals surface area contributed by atoms with E-state index in [0.29, 0.717) is 19.5 Å². The van der Waals surface area contributed by atoms with Gasteiger partial charge in [0.05, 0.1) is 17.3 Å². The fraction of sp³-hybridized carbons (Fsp3) is 0.636. The number of amides is 2. The minimum atomic E-state index is -0.375. The third kappa shape index (κ3) is 5.65. The van der Waals surface area contributed by atoms with Gasteiger partial charge in [-0.2, -0.15) is 0 Å². The van der Waals surface area contributed by atoms with Crippen LogP contribution in [0.15, 0.2) is 10.9 Å². The molecule has 0 aliphatic heterocycles. The summed E-state index contributed by atoms with van der Waals surface area (Å²) in [7, 11) is 1.72. The van der Waals surface area contributed by atoms with Crippen molar-refractivity contribution >= 4 is 17.4 Å². The van der Waals surface area contributed by atoms with Crippen LogP contribution in [-0.4, -0.2) is 47.3 Å². The maximum atomic E-state index is 11.6. The first-order valence-electron chi connectivity index (χ1n) is 5.63. The van der Waals surface area contributed by atoms with Crippen LogP contribution in [0.1, 0.15) is 19.0 Å². The van der Waals surface area contributed by atoms with Gasteiger partial charge in [0.2, 0.25) is 0 Å². The van der Waals surface area contributed by atoms with Crippen molar-refractivity contribution in [3.8, 4) is 0 Å². The number of thiazole rings is 1. The van der Waals surface area contributed by atoms with Crippen LogP contribution >= 0.6 is 11.3 Å². The molecule has 1 aromatic heterocycles. The normalized spacial score (nSPS) is 12.2. The molecule has 2 N–H and O–H groups in total. The predicted octanol–water partition coefficient (Wildman–Crippen LogP) is 1.10. The van der Waals surface area contributed by atoms with Crippen molar-refractivity contribution in [1.29, 1.82) is 0 Å². The van der Waals surface area contributed by atoms with Crippen molar-refractivity contribution < 1.29 is 9.90 Å². The van der Waals surface area contributed by atoms with E-state index in [2.05, 4.69) is 10.3 Å². The van der Waals surface area contributed by atoms with Gasteiger partial charge in [0, 0.05) is 31.9 Å². The van der Waals surface area contributed by atoms with Crippen LogP contribution in [-0.2, 0) is 6.42 Å². The molecule has 0 spiro atoms. The molecule has 0 aliphatic rings. The molecule has 1 rings (SSSR count). The molecule has 2 amide bonds. The summed E-state index contributed by atoms with van der Waals surface area (Å²) >= 11 is 1.55. The topological polar surface area (TPSA) is 65.5 Å². The largest absolute Gasteiger partial charge is 0.393 e. The summed E-state index contributed by atoms with van der Waals surface area (Å²) in [6.07, 6.45) is 0.968. The Morgan fingerprint density at radius 2 is 2.47 bits per heavy atom. The predicted molar refractivity (Wildman–Crippen MR) is 68.1 cm³/mol. The number of aliphatic hydroxyl groups excluding tert-OH is 1. The quantitative estimate of drug-likeness (QED) is 0.802. The van der Waals surface area contributed by atoms with Crippen LogP contribution in [0, 0.1) is 0 Å². The lowest BCUT2D eigenvalue weighted by Gasteiger charge is -2.18. The second-order valence-corrected chi connectivity index (χ2v) is 4.74. The zero-order valence-corrected chi connectivity index (χ0v) is 11.0. The molecule has 5 nitrogen and oxygen atoms in total. The average Bonchev–Trinajstić information content (AvgIpc) is 2.78. The van der Waals surface area contributed by atoms with Crippen LogP contribution in [0.5, 0.6) is 0 Å². The van der Waals surface area contributed by atoms with E-state index < -0.39 is 0 Å². The molecule has 6 heteroatoms. The smallest absolute Gasteiger partial charge is 0.317 e. The van der Waals surface area contributed by atoms with Gasteiger partial charge in [0.15, 0.2) is 0 Å². The summed E-state index contributed by atoms with van der Waals surface area (Å²) in [5, 5.41) is 13.9. The van der Waals surface area contributed by atoms with Gasteiger partial charge >= 0.3 is 6.03 Å². The molecule has 0 saturated heterocycles. The Bertz CT molecular complexity index is 327. The van der Waals surface area contributed by atoms with Gasteiger partial charge in [-0.1, -0.05) is 0 Å². The first kappa shape index (κ1) is 13.9. The van der Waals surface area contributed by atoms with Gasteiger partial charge in [-0.25, -0.2) is 9.78 Å². The Morgan fingerprint density at radius 3 is 3.06 bits per heavy atom. The van der Waals surface area contributed by atoms with Crippen molar-refractivity contribution in [3.63, 3.8) is 0 Å². The molecule has 96 valence electrons. The second kappa shape index (κ2) is 7.24. The van der Waals surface area contributed by atoms with Crippen molar-refractivity contribution in [2.75, 3.05) is 20.1 Å². The highest BCUT2D eigenvalue weighted by Crippen LogP contribution is 2.00. The van der Waals surface area contributed by atoms with Gasteiger partial charge in [-0.15, -0.1) is 11.3 Å². The molecule has 0 aliphatic carbocycles. The standard InChI is InChI=1S/C11H19N3O2S/c1-9(15)4-6-14(2)11(16)12-5-3-10-7-17-8-13-10/h7-9,15H,3-6H2,1-2H3,(H,12,16). The van der Waals surface area contributed by atoms with Crippen LogP contribution < -0.4 is 5.32 Å². The van der Waals surface area contributed by atoms with Gasteiger partial charge in [0.1, 0.15) is 0 Å². The van der Waals surface area contributed by atoms with Gasteiger partial charge in [0.25, 0.3) is 0 Å². The fourth-order valence-corrected chi connectivity index (χ4v) is 1.87. The van der Waals surface area contributed by atoms with E-state index in [-0.39, 0.29) is 12.1 Å². The van der Waals surface area contributed by atoms with E-state index in [1.54, 1.807) is 35.7 Å². The molecule has 17 heavy (non-hydrogen) atoms. The number of aromatic nitrogens is 1. The lowest BCUT2D eigenvalue weighted by Crippen LogP contribution is -2.39. The molecule has 0 aromatic carbocycles. The van der Waals surface area contributed by atoms with E-state index in [4.69, 9.17) is 5.11 Å². The van der Waals surface area contributed by atoms with Crippen LogP contribution in [0.4, 0.5) is 4.79 Å². The lowest BCUT2D eigenvalue weighted by molar-refractivity contribution is 0.163. The monoisotopic (exact) mass is 257 g/mol. The zero-order valence-electron chi connectivity index (χ0n) is 10.2. The first-order chi connectivity index (χ1) is 8.09. The van der Waals surface area contributed by atoms with Crippen LogP contribution in [0.25, 0.3) is 0 Å². The summed E-state index contributed by atoms with van der Waals surface area (Å²) < 4.78 is 0. The third-order valence-corrected chi connectivity index (χ3v) is 3.01. The van der Waals surface area contributed by atoms with Crippen LogP contribution in [0.3, 0.4) is 0 Å². The Labute approximate surface area is 105 Å². The number of rotatable bonds is 6. The average molecular weight is 257 g/mol. The minimum Gasteiger partial charge on any atom is -0.393 e. The number of carbonyl (C=O) groups excluding carboxylic acids is 1. The fourth-order valence-electron chi connectivity index (χ4n) is 1.28. The van der Waals surface area contributed by atoms with E-state index in [1.165, 1.54) is 0 Å². The van der Waals surface area contributed by atoms with Crippen molar-refractivity contribution in [1.82, 2.24) is 15.2 Å². The number of carbonyl (C=O) groups is 1. The van der Waals surface area contributed by atoms with Gasteiger partial charge < -0.3 is 15.3 Å². The number of nitrogens with zero attached hydrogens (tertiary/aromatic N) is 2. The van der Waals surface area contributed by atoms with Gasteiger partial charge in [-0.05, 0) is 13.3 Å². The number of nitrogens with one attached hydrogen (secondary N) is 1. The molecule has 1 atom stereocenters. The Morgan fingerprint density at radius 1 is 1.71 bits per heavy atom. The number of aliphatic hydroxyl groups is 1. The lowest BCUT2D eigenvalue weighted by atomic mass is 10.3. The zero-order chi connectivity index (χ0) is 12.7. The Kier molecular flexibility index (Phi) is 5.93. The SMILES string of the molecule is CC(O)CCN(C)C(=O)NCCc1cscn1. The first-order valence-corrected chi connectivity index (χ1v) is 6.58. The summed E-state index contributed by atoms with van der Waals surface area (Å²) in [5.74, 6) is 0. The third-order valence-electron chi connectivity index (χ3n) is 2.37. The number of hydrogen-bond donors (Lipinski definition) is 2. The molecule has 1 unspecified atom stereocenters. The van der Waals surface area contributed by atoms with E-state index in [1.807, 2.05) is 5.38 Å². The molecular weight excluding hydrogens is 238 g/mol. The van der Waals surface area contributed by atoms with Crippen molar-refractivity contribution in [2.24, 2.45) is 0 Å². The molecular formula is C11H19N3O2S. The molecule has 0 bridgehead atoms. The van der Waals surface area contributed by atoms with Crippen molar-refractivity contribution in [3.05, 3.63) is 16.6 Å². The van der Waals surface area contributed by atoms with E-state index >= 15 is 0 Å². The van der Waals surface area contributed by atoms with Crippen molar-refractivity contribution in [2.45, 2.75) is 25.9 Å². The second-order valence-electron chi connectivity index (χ2n) is 4.02. The van der Waals surface area contributed by atoms with Crippen LogP contribution in [0.2, 0.25) is 0 Å². The Hall–Kier alpha value is -1.14. The summed E-state index contributed by atoms with van der Waals surface area (Å²) in [6.45, 7) is 2.86. The highest BCUT2D eigenvalue weighted by Gasteiger charge is 2.08. The maximum Gasteiger partial charge on any atom is 0.317 e. The van der Waals surface area contributed by atoms with Gasteiger partial charge in [-0.3, -0.25) is 0 Å². The Balaban J connectivity index is 2.15.